The molecule has 0 spiro atoms. The summed E-state index contributed by atoms with van der Waals surface area (Å²) in [5.74, 6) is 0.918. The van der Waals surface area contributed by atoms with Crippen LogP contribution in [0, 0.1) is 5.41 Å². The molecule has 1 aliphatic rings. The van der Waals surface area contributed by atoms with Crippen LogP contribution in [-0.4, -0.2) is 26.7 Å². The lowest BCUT2D eigenvalue weighted by Crippen LogP contribution is -2.30. The molecule has 0 atom stereocenters. The molecule has 1 aromatic rings. The van der Waals surface area contributed by atoms with Crippen LogP contribution in [0.15, 0.2) is 24.3 Å². The SMILES string of the molecule is COc1ccc(CCNCC2(CN)CC2)cc1. The summed E-state index contributed by atoms with van der Waals surface area (Å²) in [6, 6.07) is 8.27. The number of hydrogen-bond donors (Lipinski definition) is 2. The van der Waals surface area contributed by atoms with Crippen molar-refractivity contribution in [2.24, 2.45) is 11.1 Å². The summed E-state index contributed by atoms with van der Waals surface area (Å²) in [6.45, 7) is 2.91. The topological polar surface area (TPSA) is 47.3 Å². The van der Waals surface area contributed by atoms with Gasteiger partial charge in [-0.1, -0.05) is 12.1 Å². The summed E-state index contributed by atoms with van der Waals surface area (Å²) in [4.78, 5) is 0. The number of benzene rings is 1. The maximum absolute atomic E-state index is 5.74. The molecule has 0 bridgehead atoms. The van der Waals surface area contributed by atoms with Crippen LogP contribution in [0.25, 0.3) is 0 Å². The number of methoxy groups -OCH3 is 1. The third-order valence-corrected chi connectivity index (χ3v) is 3.64. The lowest BCUT2D eigenvalue weighted by atomic mass is 10.1. The minimum absolute atomic E-state index is 0.430. The second-order valence-corrected chi connectivity index (χ2v) is 4.98. The average Bonchev–Trinajstić information content (AvgIpc) is 3.16. The summed E-state index contributed by atoms with van der Waals surface area (Å²) >= 11 is 0. The van der Waals surface area contributed by atoms with Gasteiger partial charge in [0.2, 0.25) is 0 Å². The maximum atomic E-state index is 5.74. The monoisotopic (exact) mass is 234 g/mol. The van der Waals surface area contributed by atoms with Crippen LogP contribution >= 0.6 is 0 Å². The Morgan fingerprint density at radius 1 is 1.29 bits per heavy atom. The lowest BCUT2D eigenvalue weighted by Gasteiger charge is -2.13. The largest absolute Gasteiger partial charge is 0.497 e. The number of rotatable bonds is 7. The van der Waals surface area contributed by atoms with E-state index >= 15 is 0 Å². The molecule has 1 aliphatic carbocycles. The van der Waals surface area contributed by atoms with Gasteiger partial charge in [0.25, 0.3) is 0 Å². The number of ether oxygens (including phenoxy) is 1. The summed E-state index contributed by atoms with van der Waals surface area (Å²) in [6.07, 6.45) is 3.64. The van der Waals surface area contributed by atoms with Crippen LogP contribution in [0.4, 0.5) is 0 Å². The van der Waals surface area contributed by atoms with Gasteiger partial charge >= 0.3 is 0 Å². The highest BCUT2D eigenvalue weighted by Crippen LogP contribution is 2.43. The first-order valence-corrected chi connectivity index (χ1v) is 6.32. The highest BCUT2D eigenvalue weighted by atomic mass is 16.5. The fourth-order valence-electron chi connectivity index (χ4n) is 2.01. The van der Waals surface area contributed by atoms with Crippen LogP contribution in [0.5, 0.6) is 5.75 Å². The van der Waals surface area contributed by atoms with E-state index in [9.17, 15) is 0 Å². The number of nitrogens with one attached hydrogen (secondary N) is 1. The van der Waals surface area contributed by atoms with E-state index in [1.807, 2.05) is 12.1 Å². The Labute approximate surface area is 103 Å². The molecule has 1 fully saturated rings. The Hall–Kier alpha value is -1.06. The van der Waals surface area contributed by atoms with E-state index in [0.29, 0.717) is 5.41 Å². The zero-order valence-electron chi connectivity index (χ0n) is 10.5. The molecule has 0 heterocycles. The number of hydrogen-bond acceptors (Lipinski definition) is 3. The first-order chi connectivity index (χ1) is 8.28. The van der Waals surface area contributed by atoms with E-state index < -0.39 is 0 Å². The van der Waals surface area contributed by atoms with Gasteiger partial charge in [-0.3, -0.25) is 0 Å². The van der Waals surface area contributed by atoms with Gasteiger partial charge in [0.1, 0.15) is 5.75 Å². The summed E-state index contributed by atoms with van der Waals surface area (Å²) in [5.41, 5.74) is 7.51. The van der Waals surface area contributed by atoms with E-state index in [1.165, 1.54) is 18.4 Å². The van der Waals surface area contributed by atoms with E-state index in [1.54, 1.807) is 7.11 Å². The summed E-state index contributed by atoms with van der Waals surface area (Å²) < 4.78 is 5.13. The second-order valence-electron chi connectivity index (χ2n) is 4.98. The zero-order chi connectivity index (χ0) is 12.1. The molecule has 3 N–H and O–H groups in total. The van der Waals surface area contributed by atoms with Crippen molar-refractivity contribution in [3.8, 4) is 5.75 Å². The molecule has 2 rings (SSSR count). The van der Waals surface area contributed by atoms with Gasteiger partial charge in [-0.2, -0.15) is 0 Å². The molecule has 94 valence electrons. The Kier molecular flexibility index (Phi) is 4.02. The zero-order valence-corrected chi connectivity index (χ0v) is 10.5. The van der Waals surface area contributed by atoms with Crippen molar-refractivity contribution in [3.63, 3.8) is 0 Å². The van der Waals surface area contributed by atoms with Crippen LogP contribution < -0.4 is 15.8 Å². The third kappa shape index (κ3) is 3.45. The van der Waals surface area contributed by atoms with E-state index in [4.69, 9.17) is 10.5 Å². The van der Waals surface area contributed by atoms with Crippen molar-refractivity contribution >= 4 is 0 Å². The second kappa shape index (κ2) is 5.52. The van der Waals surface area contributed by atoms with Crippen LogP contribution in [-0.2, 0) is 6.42 Å². The van der Waals surface area contributed by atoms with Crippen LogP contribution in [0.1, 0.15) is 18.4 Å². The standard InChI is InChI=1S/C14H22N2O/c1-17-13-4-2-12(3-5-13)6-9-16-11-14(10-15)7-8-14/h2-5,16H,6-11,15H2,1H3. The quantitative estimate of drug-likeness (QED) is 0.704. The predicted octanol–water partition coefficient (Wildman–Crippen LogP) is 1.57. The first kappa shape index (κ1) is 12.4. The van der Waals surface area contributed by atoms with Crippen molar-refractivity contribution in [1.82, 2.24) is 5.32 Å². The molecule has 1 saturated carbocycles. The molecule has 0 saturated heterocycles. The van der Waals surface area contributed by atoms with Crippen molar-refractivity contribution in [1.29, 1.82) is 0 Å². The van der Waals surface area contributed by atoms with Gasteiger partial charge < -0.3 is 15.8 Å². The molecule has 0 amide bonds. The molecular weight excluding hydrogens is 212 g/mol. The molecule has 3 heteroatoms. The van der Waals surface area contributed by atoms with Gasteiger partial charge in [-0.15, -0.1) is 0 Å². The highest BCUT2D eigenvalue weighted by molar-refractivity contribution is 5.27. The Bertz CT molecular complexity index is 344. The van der Waals surface area contributed by atoms with E-state index in [2.05, 4.69) is 17.4 Å². The molecule has 1 aromatic carbocycles. The molecule has 0 aromatic heterocycles. The van der Waals surface area contributed by atoms with Crippen LogP contribution in [0.3, 0.4) is 0 Å². The minimum atomic E-state index is 0.430. The van der Waals surface area contributed by atoms with Crippen LogP contribution in [0.2, 0.25) is 0 Å². The van der Waals surface area contributed by atoms with Crippen molar-refractivity contribution in [2.75, 3.05) is 26.7 Å². The molecule has 0 radical (unpaired) electrons. The Morgan fingerprint density at radius 3 is 2.53 bits per heavy atom. The van der Waals surface area contributed by atoms with Gasteiger partial charge in [0.15, 0.2) is 0 Å². The van der Waals surface area contributed by atoms with Crippen molar-refractivity contribution in [3.05, 3.63) is 29.8 Å². The smallest absolute Gasteiger partial charge is 0.118 e. The lowest BCUT2D eigenvalue weighted by molar-refractivity contribution is 0.414. The predicted molar refractivity (Wildman–Crippen MR) is 70.3 cm³/mol. The van der Waals surface area contributed by atoms with Gasteiger partial charge in [-0.05, 0) is 55.5 Å². The normalized spacial score (nSPS) is 16.8. The highest BCUT2D eigenvalue weighted by Gasteiger charge is 2.40. The first-order valence-electron chi connectivity index (χ1n) is 6.32. The van der Waals surface area contributed by atoms with E-state index in [-0.39, 0.29) is 0 Å². The third-order valence-electron chi connectivity index (χ3n) is 3.64. The fourth-order valence-corrected chi connectivity index (χ4v) is 2.01. The molecule has 17 heavy (non-hydrogen) atoms. The molecule has 0 unspecified atom stereocenters. The van der Waals surface area contributed by atoms with Gasteiger partial charge in [-0.25, -0.2) is 0 Å². The average molecular weight is 234 g/mol. The summed E-state index contributed by atoms with van der Waals surface area (Å²) in [7, 11) is 1.69. The molecule has 0 aliphatic heterocycles. The van der Waals surface area contributed by atoms with Gasteiger partial charge in [0.05, 0.1) is 7.11 Å². The van der Waals surface area contributed by atoms with Crippen molar-refractivity contribution in [2.45, 2.75) is 19.3 Å². The Balaban J connectivity index is 1.67. The fraction of sp³-hybridized carbons (Fsp3) is 0.571. The van der Waals surface area contributed by atoms with Crippen molar-refractivity contribution < 1.29 is 4.74 Å². The minimum Gasteiger partial charge on any atom is -0.497 e. The van der Waals surface area contributed by atoms with Gasteiger partial charge in [0, 0.05) is 6.54 Å². The number of nitrogens with two attached hydrogens (primary N) is 1. The molecule has 3 nitrogen and oxygen atoms in total. The Morgan fingerprint density at radius 2 is 2.00 bits per heavy atom. The maximum Gasteiger partial charge on any atom is 0.118 e. The summed E-state index contributed by atoms with van der Waals surface area (Å²) in [5, 5.41) is 3.50. The van der Waals surface area contributed by atoms with E-state index in [0.717, 1.165) is 31.8 Å². The molecular formula is C14H22N2O.